The van der Waals surface area contributed by atoms with Crippen LogP contribution in [0, 0.1) is 53.7 Å². The number of hydrogen-bond acceptors (Lipinski definition) is 0. The lowest BCUT2D eigenvalue weighted by Crippen LogP contribution is -1.95. The first kappa shape index (κ1) is 30.7. The summed E-state index contributed by atoms with van der Waals surface area (Å²) in [5.41, 5.74) is 3.99. The highest BCUT2D eigenvalue weighted by molar-refractivity contribution is 5.73. The summed E-state index contributed by atoms with van der Waals surface area (Å²) in [5.74, 6) is -0.279. The van der Waals surface area contributed by atoms with Crippen molar-refractivity contribution in [2.45, 2.75) is 39.5 Å². The second-order valence-corrected chi connectivity index (χ2v) is 10.7. The van der Waals surface area contributed by atoms with Gasteiger partial charge in [0.2, 0.25) is 0 Å². The summed E-state index contributed by atoms with van der Waals surface area (Å²) in [6.07, 6.45) is 4.11. The number of halogens is 6. The minimum atomic E-state index is -1.64. The molecule has 0 radical (unpaired) electrons. The van der Waals surface area contributed by atoms with Crippen molar-refractivity contribution in [2.24, 2.45) is 0 Å². The summed E-state index contributed by atoms with van der Waals surface area (Å²) in [4.78, 5) is 0. The molecule has 5 rings (SSSR count). The van der Waals surface area contributed by atoms with Gasteiger partial charge in [0.05, 0.1) is 0 Å². The number of benzene rings is 5. The van der Waals surface area contributed by atoms with Gasteiger partial charge in [-0.1, -0.05) is 68.0 Å². The van der Waals surface area contributed by atoms with E-state index in [1.807, 2.05) is 6.07 Å². The fourth-order valence-corrected chi connectivity index (χ4v) is 5.07. The van der Waals surface area contributed by atoms with Crippen LogP contribution in [0.4, 0.5) is 26.3 Å². The lowest BCUT2D eigenvalue weighted by atomic mass is 9.96. The van der Waals surface area contributed by atoms with Gasteiger partial charge in [0, 0.05) is 27.8 Å². The zero-order valence-electron chi connectivity index (χ0n) is 24.2. The maximum absolute atomic E-state index is 15.2. The van der Waals surface area contributed by atoms with Crippen LogP contribution in [0.5, 0.6) is 0 Å². The van der Waals surface area contributed by atoms with Crippen molar-refractivity contribution < 1.29 is 26.3 Å². The topological polar surface area (TPSA) is 0 Å². The molecule has 0 heterocycles. The Morgan fingerprint density at radius 1 is 0.523 bits per heavy atom. The average molecular weight is 599 g/mol. The second kappa shape index (κ2) is 13.3. The largest absolute Gasteiger partial charge is 0.206 e. The van der Waals surface area contributed by atoms with E-state index in [2.05, 4.69) is 18.8 Å². The molecular weight excluding hydrogens is 570 g/mol. The smallest absolute Gasteiger partial charge is 0.194 e. The van der Waals surface area contributed by atoms with Gasteiger partial charge in [-0.05, 0) is 96.1 Å². The molecule has 5 aromatic rings. The predicted octanol–water partition coefficient (Wildman–Crippen LogP) is 11.0. The van der Waals surface area contributed by atoms with Crippen LogP contribution in [0.3, 0.4) is 0 Å². The van der Waals surface area contributed by atoms with E-state index in [0.29, 0.717) is 34.4 Å². The normalized spacial score (nSPS) is 10.9. The average Bonchev–Trinajstić information content (AvgIpc) is 3.00. The highest BCUT2D eigenvalue weighted by Gasteiger charge is 2.16. The molecule has 0 aromatic heterocycles. The molecule has 6 heteroatoms. The van der Waals surface area contributed by atoms with E-state index in [9.17, 15) is 22.0 Å². The van der Waals surface area contributed by atoms with Gasteiger partial charge in [0.25, 0.3) is 0 Å². The Kier molecular flexibility index (Phi) is 9.25. The number of unbranched alkanes of at least 4 members (excludes halogenated alkanes) is 2. The van der Waals surface area contributed by atoms with Crippen LogP contribution < -0.4 is 0 Å². The summed E-state index contributed by atoms with van der Waals surface area (Å²) in [6, 6.07) is 20.4. The quantitative estimate of drug-likeness (QED) is 0.0757. The van der Waals surface area contributed by atoms with Crippen LogP contribution in [0.15, 0.2) is 84.9 Å². The zero-order valence-corrected chi connectivity index (χ0v) is 24.2. The molecule has 0 amide bonds. The third-order valence-electron chi connectivity index (χ3n) is 7.53. The minimum absolute atomic E-state index is 0.123. The first-order valence-electron chi connectivity index (χ1n) is 14.3. The van der Waals surface area contributed by atoms with Crippen molar-refractivity contribution in [3.8, 4) is 45.2 Å². The van der Waals surface area contributed by atoms with E-state index in [-0.39, 0.29) is 28.1 Å². The molecular formula is C38H28F6. The molecule has 0 aliphatic rings. The summed E-state index contributed by atoms with van der Waals surface area (Å²) in [7, 11) is 0. The van der Waals surface area contributed by atoms with E-state index in [4.69, 9.17) is 0 Å². The van der Waals surface area contributed by atoms with E-state index in [0.717, 1.165) is 42.9 Å². The van der Waals surface area contributed by atoms with Crippen LogP contribution in [-0.4, -0.2) is 0 Å². The predicted molar refractivity (Wildman–Crippen MR) is 163 cm³/mol. The summed E-state index contributed by atoms with van der Waals surface area (Å²) < 4.78 is 85.5. The Morgan fingerprint density at radius 3 is 1.77 bits per heavy atom. The highest BCUT2D eigenvalue weighted by atomic mass is 19.2. The van der Waals surface area contributed by atoms with Gasteiger partial charge in [-0.2, -0.15) is 0 Å². The maximum atomic E-state index is 15.2. The Hall–Kier alpha value is -4.76. The van der Waals surface area contributed by atoms with Gasteiger partial charge in [0.15, 0.2) is 17.5 Å². The van der Waals surface area contributed by atoms with E-state index in [1.54, 1.807) is 49.4 Å². The van der Waals surface area contributed by atoms with Crippen LogP contribution in [0.25, 0.3) is 33.4 Å². The Morgan fingerprint density at radius 2 is 1.11 bits per heavy atom. The molecule has 0 aliphatic carbocycles. The van der Waals surface area contributed by atoms with Gasteiger partial charge < -0.3 is 0 Å². The molecule has 0 N–H and O–H groups in total. The van der Waals surface area contributed by atoms with Gasteiger partial charge in [-0.15, -0.1) is 0 Å². The fourth-order valence-electron chi connectivity index (χ4n) is 5.07. The SMILES string of the molecule is CCCCCc1ccc(-c2ccc(C#Cc3cc(F)c(-c4ccc(-c5cc(F)c(F)c(F)c5)c(F)c4)cc3C)cc2)c(F)c1. The number of rotatable bonds is 7. The summed E-state index contributed by atoms with van der Waals surface area (Å²) in [5, 5.41) is 0. The lowest BCUT2D eigenvalue weighted by molar-refractivity contribution is 0.447. The van der Waals surface area contributed by atoms with Crippen molar-refractivity contribution in [2.75, 3.05) is 0 Å². The Bertz CT molecular complexity index is 1870. The molecule has 0 saturated carbocycles. The molecule has 222 valence electrons. The zero-order chi connectivity index (χ0) is 31.4. The molecule has 0 aliphatic heterocycles. The van der Waals surface area contributed by atoms with E-state index < -0.39 is 29.1 Å². The monoisotopic (exact) mass is 598 g/mol. The molecule has 0 bridgehead atoms. The molecule has 0 atom stereocenters. The molecule has 5 aromatic carbocycles. The van der Waals surface area contributed by atoms with Crippen molar-refractivity contribution in [1.82, 2.24) is 0 Å². The summed E-state index contributed by atoms with van der Waals surface area (Å²) in [6.45, 7) is 3.88. The van der Waals surface area contributed by atoms with Crippen molar-refractivity contribution in [1.29, 1.82) is 0 Å². The standard InChI is InChI=1S/C38H28F6/c1-3-4-5-6-25-10-15-30(33(39)18-25)26-11-7-24(8-12-26)9-13-27-19-35(41)32(17-23(27)2)28-14-16-31(34(40)20-28)29-21-36(42)38(44)37(43)22-29/h7-8,10-12,14-22H,3-6H2,1-2H3. The van der Waals surface area contributed by atoms with Gasteiger partial charge in [-0.3, -0.25) is 0 Å². The second-order valence-electron chi connectivity index (χ2n) is 10.7. The van der Waals surface area contributed by atoms with Gasteiger partial charge >= 0.3 is 0 Å². The van der Waals surface area contributed by atoms with Gasteiger partial charge in [0.1, 0.15) is 17.5 Å². The van der Waals surface area contributed by atoms with Crippen LogP contribution in [-0.2, 0) is 6.42 Å². The summed E-state index contributed by atoms with van der Waals surface area (Å²) >= 11 is 0. The number of aryl methyl sites for hydroxylation is 2. The Balaban J connectivity index is 1.34. The third kappa shape index (κ3) is 6.73. The van der Waals surface area contributed by atoms with Crippen LogP contribution in [0.2, 0.25) is 0 Å². The Labute approximate surface area is 253 Å². The molecule has 44 heavy (non-hydrogen) atoms. The number of hydrogen-bond donors (Lipinski definition) is 0. The van der Waals surface area contributed by atoms with Crippen molar-refractivity contribution >= 4 is 0 Å². The van der Waals surface area contributed by atoms with E-state index in [1.165, 1.54) is 18.2 Å². The molecule has 0 spiro atoms. The van der Waals surface area contributed by atoms with Crippen molar-refractivity contribution in [3.63, 3.8) is 0 Å². The molecule has 0 unspecified atom stereocenters. The first-order valence-corrected chi connectivity index (χ1v) is 14.3. The third-order valence-corrected chi connectivity index (χ3v) is 7.53. The maximum Gasteiger partial charge on any atom is 0.194 e. The van der Waals surface area contributed by atoms with Gasteiger partial charge in [-0.25, -0.2) is 26.3 Å². The van der Waals surface area contributed by atoms with Crippen molar-refractivity contribution in [3.05, 3.63) is 142 Å². The van der Waals surface area contributed by atoms with Crippen LogP contribution in [0.1, 0.15) is 48.4 Å². The first-order chi connectivity index (χ1) is 21.1. The molecule has 0 saturated heterocycles. The van der Waals surface area contributed by atoms with Crippen LogP contribution >= 0.6 is 0 Å². The lowest BCUT2D eigenvalue weighted by Gasteiger charge is -2.10. The highest BCUT2D eigenvalue weighted by Crippen LogP contribution is 2.32. The minimum Gasteiger partial charge on any atom is -0.206 e. The molecule has 0 fully saturated rings. The fraction of sp³-hybridized carbons (Fsp3) is 0.158. The molecule has 0 nitrogen and oxygen atoms in total. The van der Waals surface area contributed by atoms with E-state index >= 15 is 4.39 Å².